The molecule has 6 atom stereocenters. The van der Waals surface area contributed by atoms with Crippen molar-refractivity contribution in [3.05, 3.63) is 53.6 Å². The predicted octanol–water partition coefficient (Wildman–Crippen LogP) is 0.277. The van der Waals surface area contributed by atoms with Gasteiger partial charge in [-0.1, -0.05) is 12.1 Å². The Labute approximate surface area is 171 Å². The standard InChI is InChI=1S/C21H22O9/c22-9-17-18(25)19(26)20(27)21(30-17)28-12-4-1-10(2-5-12)15-8-14(24)13-6-3-11(23)7-16(13)29-15/h1-7,15,17-23,25-27H,8-9H2/t15-,17-,18-,19+,20-,21+/m0/s1. The minimum absolute atomic E-state index is 0.00507. The molecule has 2 aliphatic heterocycles. The first-order valence-corrected chi connectivity index (χ1v) is 9.47. The van der Waals surface area contributed by atoms with E-state index in [1.54, 1.807) is 24.3 Å². The van der Waals surface area contributed by atoms with Gasteiger partial charge in [0.05, 0.1) is 18.6 Å². The number of fused-ring (bicyclic) bond motifs is 1. The molecule has 4 rings (SSSR count). The predicted molar refractivity (Wildman–Crippen MR) is 101 cm³/mol. The number of phenols is 1. The van der Waals surface area contributed by atoms with Crippen LogP contribution < -0.4 is 9.47 Å². The van der Waals surface area contributed by atoms with Crippen molar-refractivity contribution in [1.82, 2.24) is 0 Å². The van der Waals surface area contributed by atoms with Crippen molar-refractivity contribution in [1.29, 1.82) is 0 Å². The monoisotopic (exact) mass is 418 g/mol. The number of rotatable bonds is 4. The Bertz CT molecular complexity index is 911. The van der Waals surface area contributed by atoms with Gasteiger partial charge in [-0.2, -0.15) is 0 Å². The van der Waals surface area contributed by atoms with Gasteiger partial charge >= 0.3 is 0 Å². The molecule has 0 amide bonds. The largest absolute Gasteiger partial charge is 0.508 e. The van der Waals surface area contributed by atoms with E-state index in [1.807, 2.05) is 0 Å². The first-order chi connectivity index (χ1) is 14.4. The Hall–Kier alpha value is -2.69. The number of hydrogen-bond donors (Lipinski definition) is 5. The van der Waals surface area contributed by atoms with E-state index in [2.05, 4.69) is 0 Å². The van der Waals surface area contributed by atoms with Crippen molar-refractivity contribution in [3.63, 3.8) is 0 Å². The fourth-order valence-electron chi connectivity index (χ4n) is 3.56. The lowest BCUT2D eigenvalue weighted by atomic mass is 9.96. The molecule has 160 valence electrons. The normalized spacial score (nSPS) is 31.0. The number of Topliss-reactive ketones (excluding diaryl/α,β-unsaturated/α-hetero) is 1. The van der Waals surface area contributed by atoms with Crippen molar-refractivity contribution in [3.8, 4) is 17.2 Å². The third kappa shape index (κ3) is 3.85. The van der Waals surface area contributed by atoms with Crippen LogP contribution in [0.4, 0.5) is 0 Å². The number of carbonyl (C=O) groups excluding carboxylic acids is 1. The van der Waals surface area contributed by atoms with E-state index in [4.69, 9.17) is 14.2 Å². The molecule has 0 spiro atoms. The van der Waals surface area contributed by atoms with Gasteiger partial charge < -0.3 is 39.7 Å². The Kier molecular flexibility index (Phi) is 5.63. The lowest BCUT2D eigenvalue weighted by Crippen LogP contribution is -2.60. The molecular weight excluding hydrogens is 396 g/mol. The molecule has 5 N–H and O–H groups in total. The van der Waals surface area contributed by atoms with Gasteiger partial charge in [0.2, 0.25) is 6.29 Å². The zero-order valence-corrected chi connectivity index (χ0v) is 15.8. The quantitative estimate of drug-likeness (QED) is 0.472. The van der Waals surface area contributed by atoms with Gasteiger partial charge in [-0.15, -0.1) is 0 Å². The third-order valence-electron chi connectivity index (χ3n) is 5.26. The highest BCUT2D eigenvalue weighted by molar-refractivity contribution is 6.00. The molecule has 9 heteroatoms. The van der Waals surface area contributed by atoms with E-state index >= 15 is 0 Å². The average molecular weight is 418 g/mol. The molecule has 2 aromatic rings. The summed E-state index contributed by atoms with van der Waals surface area (Å²) in [6.45, 7) is -0.548. The molecule has 0 aromatic heterocycles. The highest BCUT2D eigenvalue weighted by Crippen LogP contribution is 2.37. The molecule has 2 heterocycles. The van der Waals surface area contributed by atoms with Gasteiger partial charge in [-0.05, 0) is 29.8 Å². The van der Waals surface area contributed by atoms with E-state index in [0.29, 0.717) is 22.6 Å². The Morgan fingerprint density at radius 1 is 1.00 bits per heavy atom. The topological polar surface area (TPSA) is 146 Å². The fraction of sp³-hybridized carbons (Fsp3) is 0.381. The average Bonchev–Trinajstić information content (AvgIpc) is 2.74. The fourth-order valence-corrected chi connectivity index (χ4v) is 3.56. The van der Waals surface area contributed by atoms with Crippen LogP contribution in [-0.2, 0) is 4.74 Å². The highest BCUT2D eigenvalue weighted by atomic mass is 16.7. The van der Waals surface area contributed by atoms with E-state index in [0.717, 1.165) is 0 Å². The number of aliphatic hydroxyl groups excluding tert-OH is 4. The summed E-state index contributed by atoms with van der Waals surface area (Å²) >= 11 is 0. The minimum Gasteiger partial charge on any atom is -0.508 e. The number of aromatic hydroxyl groups is 1. The van der Waals surface area contributed by atoms with Crippen molar-refractivity contribution in [2.45, 2.75) is 43.2 Å². The Morgan fingerprint density at radius 3 is 2.43 bits per heavy atom. The number of phenolic OH excluding ortho intramolecular Hbond substituents is 1. The molecule has 2 aliphatic rings. The number of ketones is 1. The van der Waals surface area contributed by atoms with Crippen molar-refractivity contribution >= 4 is 5.78 Å². The molecule has 1 fully saturated rings. The lowest BCUT2D eigenvalue weighted by molar-refractivity contribution is -0.277. The number of benzene rings is 2. The smallest absolute Gasteiger partial charge is 0.229 e. The first kappa shape index (κ1) is 20.6. The maximum absolute atomic E-state index is 12.4. The second-order valence-corrected chi connectivity index (χ2v) is 7.30. The summed E-state index contributed by atoms with van der Waals surface area (Å²) < 4.78 is 16.7. The summed E-state index contributed by atoms with van der Waals surface area (Å²) in [6, 6.07) is 10.9. The van der Waals surface area contributed by atoms with E-state index in [-0.39, 0.29) is 18.0 Å². The SMILES string of the molecule is O=C1C[C@@H](c2ccc(O[C@@H]3O[C@@H](CO)[C@H](O)[C@@H](O)[C@@H]3O)cc2)Oc2cc(O)ccc21. The summed E-state index contributed by atoms with van der Waals surface area (Å²) in [5.74, 6) is 0.537. The van der Waals surface area contributed by atoms with Crippen molar-refractivity contribution in [2.24, 2.45) is 0 Å². The Balaban J connectivity index is 1.46. The molecule has 0 unspecified atom stereocenters. The summed E-state index contributed by atoms with van der Waals surface area (Å²) in [5, 5.41) is 48.6. The zero-order chi connectivity index (χ0) is 21.4. The summed E-state index contributed by atoms with van der Waals surface area (Å²) in [5.41, 5.74) is 1.13. The number of hydrogen-bond acceptors (Lipinski definition) is 9. The molecule has 0 radical (unpaired) electrons. The molecule has 9 nitrogen and oxygen atoms in total. The number of aliphatic hydroxyl groups is 4. The second-order valence-electron chi connectivity index (χ2n) is 7.30. The van der Waals surface area contributed by atoms with Gasteiger partial charge in [0.1, 0.15) is 47.8 Å². The Morgan fingerprint density at radius 2 is 1.73 bits per heavy atom. The van der Waals surface area contributed by atoms with Crippen LogP contribution in [0.3, 0.4) is 0 Å². The molecular formula is C21H22O9. The van der Waals surface area contributed by atoms with Crippen LogP contribution in [0.2, 0.25) is 0 Å². The van der Waals surface area contributed by atoms with E-state index < -0.39 is 43.4 Å². The summed E-state index contributed by atoms with van der Waals surface area (Å²) in [4.78, 5) is 12.4. The zero-order valence-electron chi connectivity index (χ0n) is 15.8. The van der Waals surface area contributed by atoms with Crippen LogP contribution in [-0.4, -0.2) is 68.6 Å². The molecule has 2 aromatic carbocycles. The van der Waals surface area contributed by atoms with Crippen molar-refractivity contribution < 1.29 is 44.5 Å². The van der Waals surface area contributed by atoms with Crippen LogP contribution in [0.25, 0.3) is 0 Å². The second kappa shape index (κ2) is 8.21. The number of carbonyl (C=O) groups is 1. The molecule has 0 bridgehead atoms. The molecule has 0 aliphatic carbocycles. The maximum atomic E-state index is 12.4. The summed E-state index contributed by atoms with van der Waals surface area (Å²) in [7, 11) is 0. The van der Waals surface area contributed by atoms with Crippen LogP contribution in [0, 0.1) is 0 Å². The lowest BCUT2D eigenvalue weighted by Gasteiger charge is -2.39. The molecule has 30 heavy (non-hydrogen) atoms. The van der Waals surface area contributed by atoms with Gasteiger partial charge in [0.15, 0.2) is 5.78 Å². The highest BCUT2D eigenvalue weighted by Gasteiger charge is 2.44. The molecule has 1 saturated heterocycles. The van der Waals surface area contributed by atoms with Crippen LogP contribution in [0.15, 0.2) is 42.5 Å². The van der Waals surface area contributed by atoms with Crippen LogP contribution in [0.5, 0.6) is 17.2 Å². The van der Waals surface area contributed by atoms with Gasteiger partial charge in [0.25, 0.3) is 0 Å². The molecule has 0 saturated carbocycles. The summed E-state index contributed by atoms with van der Waals surface area (Å²) in [6.07, 6.45) is -7.24. The van der Waals surface area contributed by atoms with E-state index in [9.17, 15) is 30.3 Å². The maximum Gasteiger partial charge on any atom is 0.229 e. The van der Waals surface area contributed by atoms with Gasteiger partial charge in [-0.3, -0.25) is 4.79 Å². The minimum atomic E-state index is -1.53. The van der Waals surface area contributed by atoms with Crippen molar-refractivity contribution in [2.75, 3.05) is 6.61 Å². The first-order valence-electron chi connectivity index (χ1n) is 9.47. The van der Waals surface area contributed by atoms with Gasteiger partial charge in [0, 0.05) is 6.07 Å². The van der Waals surface area contributed by atoms with Crippen LogP contribution in [0.1, 0.15) is 28.4 Å². The van der Waals surface area contributed by atoms with E-state index in [1.165, 1.54) is 18.2 Å². The number of ether oxygens (including phenoxy) is 3. The van der Waals surface area contributed by atoms with Crippen LogP contribution >= 0.6 is 0 Å². The third-order valence-corrected chi connectivity index (χ3v) is 5.26. The van der Waals surface area contributed by atoms with Gasteiger partial charge in [-0.25, -0.2) is 0 Å².